The number of nitrogens with one attached hydrogen (secondary N) is 1. The molecule has 3 N–H and O–H groups in total. The third kappa shape index (κ3) is 5.88. The molecule has 0 radical (unpaired) electrons. The summed E-state index contributed by atoms with van der Waals surface area (Å²) in [5, 5.41) is 32.4. The summed E-state index contributed by atoms with van der Waals surface area (Å²) in [6, 6.07) is 3.30. The zero-order valence-electron chi connectivity index (χ0n) is 16.4. The van der Waals surface area contributed by atoms with Gasteiger partial charge in [-0.1, -0.05) is 0 Å². The van der Waals surface area contributed by atoms with Gasteiger partial charge in [-0.25, -0.2) is 0 Å². The van der Waals surface area contributed by atoms with Crippen molar-refractivity contribution in [2.45, 2.75) is 32.3 Å². The maximum atomic E-state index is 12.0. The van der Waals surface area contributed by atoms with Crippen LogP contribution in [0.2, 0.25) is 0 Å². The molecule has 0 aliphatic carbocycles. The van der Waals surface area contributed by atoms with Gasteiger partial charge in [0.05, 0.1) is 10.8 Å². The number of ether oxygens (including phenoxy) is 3. The summed E-state index contributed by atoms with van der Waals surface area (Å²) in [5.41, 5.74) is -0.225. The minimum Gasteiger partial charge on any atom is -0.481 e. The van der Waals surface area contributed by atoms with Crippen LogP contribution in [0.25, 0.3) is 0 Å². The van der Waals surface area contributed by atoms with E-state index < -0.39 is 65.6 Å². The summed E-state index contributed by atoms with van der Waals surface area (Å²) in [7, 11) is 0. The van der Waals surface area contributed by atoms with Gasteiger partial charge in [0.25, 0.3) is 5.69 Å². The number of benzene rings is 1. The maximum absolute atomic E-state index is 12.0. The minimum absolute atomic E-state index is 0.0371. The molecule has 0 spiro atoms. The number of rotatable bonds is 8. The van der Waals surface area contributed by atoms with Crippen LogP contribution in [0.4, 0.5) is 5.69 Å². The molecule has 1 aromatic carbocycles. The molecule has 0 unspecified atom stereocenters. The van der Waals surface area contributed by atoms with Crippen LogP contribution in [-0.2, 0) is 28.7 Å². The van der Waals surface area contributed by atoms with Crippen LogP contribution in [-0.4, -0.2) is 64.0 Å². The Balaban J connectivity index is 2.42. The highest BCUT2D eigenvalue weighted by molar-refractivity contribution is 5.83. The third-order valence-corrected chi connectivity index (χ3v) is 4.47. The van der Waals surface area contributed by atoms with Crippen molar-refractivity contribution in [2.24, 2.45) is 11.8 Å². The van der Waals surface area contributed by atoms with E-state index in [2.05, 4.69) is 5.32 Å². The number of carboxylic acids is 2. The number of nitro benzene ring substituents is 1. The second kappa shape index (κ2) is 9.84. The summed E-state index contributed by atoms with van der Waals surface area (Å²) < 4.78 is 16.0. The van der Waals surface area contributed by atoms with Crippen molar-refractivity contribution in [1.29, 1.82) is 0 Å². The lowest BCUT2D eigenvalue weighted by molar-refractivity contribution is -0.384. The van der Waals surface area contributed by atoms with Crippen molar-refractivity contribution in [3.63, 3.8) is 0 Å². The molecule has 1 fully saturated rings. The van der Waals surface area contributed by atoms with E-state index >= 15 is 0 Å². The second-order valence-electron chi connectivity index (χ2n) is 6.67. The van der Waals surface area contributed by atoms with Crippen LogP contribution in [0.15, 0.2) is 24.3 Å². The fraction of sp³-hybridized carbons (Fsp3) is 0.444. The van der Waals surface area contributed by atoms with Crippen LogP contribution >= 0.6 is 0 Å². The zero-order valence-corrected chi connectivity index (χ0v) is 16.4. The normalized spacial score (nSPS) is 25.2. The van der Waals surface area contributed by atoms with Gasteiger partial charge in [0, 0.05) is 26.0 Å². The quantitative estimate of drug-likeness (QED) is 0.283. The standard InChI is InChI=1S/C18H20N2O11/c1-8(21)19-15-14(17(25)26)13(16(23)24)12(7-29-9(2)22)31-18(15)30-11-5-3-10(4-6-11)20(27)28/h3-6,12-15,18H,7H2,1-2H3,(H,19,21)(H,23,24)(H,25,26)/t12-,13-,14+,15+,18+/m0/s1. The molecular weight excluding hydrogens is 420 g/mol. The van der Waals surface area contributed by atoms with Gasteiger partial charge in [-0.15, -0.1) is 0 Å². The van der Waals surface area contributed by atoms with E-state index in [0.717, 1.165) is 26.0 Å². The number of non-ortho nitro benzene ring substituents is 1. The summed E-state index contributed by atoms with van der Waals surface area (Å²) in [4.78, 5) is 56.8. The molecule has 1 saturated heterocycles. The van der Waals surface area contributed by atoms with Crippen molar-refractivity contribution < 1.29 is 48.5 Å². The van der Waals surface area contributed by atoms with Crippen LogP contribution in [0, 0.1) is 22.0 Å². The highest BCUT2D eigenvalue weighted by Crippen LogP contribution is 2.34. The highest BCUT2D eigenvalue weighted by Gasteiger charge is 2.54. The number of carboxylic acid groups (broad SMARTS) is 2. The van der Waals surface area contributed by atoms with Crippen molar-refractivity contribution in [1.82, 2.24) is 5.32 Å². The molecule has 0 aromatic heterocycles. The van der Waals surface area contributed by atoms with Crippen LogP contribution in [0.5, 0.6) is 5.75 Å². The number of nitro groups is 1. The first-order valence-electron chi connectivity index (χ1n) is 8.94. The Bertz CT molecular complexity index is 870. The maximum Gasteiger partial charge on any atom is 0.310 e. The minimum atomic E-state index is -1.70. The SMILES string of the molecule is CC(=O)N[C@H]1[C@H](Oc2ccc([N+](=O)[O-])cc2)O[C@@H](COC(C)=O)[C@H](C(=O)O)[C@H]1C(=O)O. The Hall–Kier alpha value is -3.74. The molecule has 1 heterocycles. The molecule has 168 valence electrons. The molecule has 1 amide bonds. The molecule has 13 nitrogen and oxygen atoms in total. The average Bonchev–Trinajstić information content (AvgIpc) is 2.66. The number of carbonyl (C=O) groups is 4. The van der Waals surface area contributed by atoms with Gasteiger partial charge >= 0.3 is 17.9 Å². The summed E-state index contributed by atoms with van der Waals surface area (Å²) in [6.07, 6.45) is -2.90. The molecular formula is C18H20N2O11. The Morgan fingerprint density at radius 2 is 1.68 bits per heavy atom. The largest absolute Gasteiger partial charge is 0.481 e. The molecule has 5 atom stereocenters. The predicted molar refractivity (Wildman–Crippen MR) is 98.9 cm³/mol. The van der Waals surface area contributed by atoms with E-state index in [4.69, 9.17) is 14.2 Å². The molecule has 0 bridgehead atoms. The van der Waals surface area contributed by atoms with Gasteiger partial charge in [-0.2, -0.15) is 0 Å². The lowest BCUT2D eigenvalue weighted by Gasteiger charge is -2.43. The van der Waals surface area contributed by atoms with Gasteiger partial charge in [0.1, 0.15) is 30.4 Å². The highest BCUT2D eigenvalue weighted by atomic mass is 16.7. The molecule has 2 rings (SSSR count). The average molecular weight is 440 g/mol. The lowest BCUT2D eigenvalue weighted by Crippen LogP contribution is -2.64. The lowest BCUT2D eigenvalue weighted by atomic mass is 9.79. The number of esters is 1. The first-order chi connectivity index (χ1) is 14.5. The van der Waals surface area contributed by atoms with E-state index in [1.807, 2.05) is 0 Å². The molecule has 13 heteroatoms. The molecule has 1 aliphatic heterocycles. The summed E-state index contributed by atoms with van der Waals surface area (Å²) in [6.45, 7) is 1.61. The smallest absolute Gasteiger partial charge is 0.310 e. The van der Waals surface area contributed by atoms with Gasteiger partial charge in [0.15, 0.2) is 0 Å². The van der Waals surface area contributed by atoms with E-state index in [1.165, 1.54) is 12.1 Å². The number of carbonyl (C=O) groups excluding carboxylic acids is 2. The predicted octanol–water partition coefficient (Wildman–Crippen LogP) is 0.168. The molecule has 1 aliphatic rings. The van der Waals surface area contributed by atoms with E-state index in [0.29, 0.717) is 0 Å². The summed E-state index contributed by atoms with van der Waals surface area (Å²) in [5.74, 6) is -7.82. The first-order valence-corrected chi connectivity index (χ1v) is 8.94. The van der Waals surface area contributed by atoms with E-state index in [9.17, 15) is 39.5 Å². The van der Waals surface area contributed by atoms with Gasteiger partial charge in [-0.3, -0.25) is 29.3 Å². The monoisotopic (exact) mass is 440 g/mol. The second-order valence-corrected chi connectivity index (χ2v) is 6.67. The Morgan fingerprint density at radius 1 is 1.10 bits per heavy atom. The number of hydrogen-bond acceptors (Lipinski definition) is 9. The Labute approximate surface area is 175 Å². The van der Waals surface area contributed by atoms with Crippen molar-refractivity contribution in [3.8, 4) is 5.75 Å². The molecule has 0 saturated carbocycles. The van der Waals surface area contributed by atoms with Crippen LogP contribution in [0.1, 0.15) is 13.8 Å². The molecule has 1 aromatic rings. The number of nitrogens with zero attached hydrogens (tertiary/aromatic N) is 1. The number of aliphatic carboxylic acids is 2. The van der Waals surface area contributed by atoms with E-state index in [-0.39, 0.29) is 11.4 Å². The van der Waals surface area contributed by atoms with Crippen molar-refractivity contribution >= 4 is 29.5 Å². The van der Waals surface area contributed by atoms with Crippen molar-refractivity contribution in [2.75, 3.05) is 6.61 Å². The van der Waals surface area contributed by atoms with Crippen molar-refractivity contribution in [3.05, 3.63) is 34.4 Å². The van der Waals surface area contributed by atoms with Gasteiger partial charge in [0.2, 0.25) is 12.2 Å². The first kappa shape index (κ1) is 23.5. The van der Waals surface area contributed by atoms with Crippen LogP contribution in [0.3, 0.4) is 0 Å². The van der Waals surface area contributed by atoms with E-state index in [1.54, 1.807) is 0 Å². The van der Waals surface area contributed by atoms with Gasteiger partial charge in [-0.05, 0) is 12.1 Å². The Kier molecular flexibility index (Phi) is 7.47. The topological polar surface area (TPSA) is 192 Å². The Morgan fingerprint density at radius 3 is 2.13 bits per heavy atom. The number of amides is 1. The summed E-state index contributed by atoms with van der Waals surface area (Å²) >= 11 is 0. The number of hydrogen-bond donors (Lipinski definition) is 3. The van der Waals surface area contributed by atoms with Gasteiger partial charge < -0.3 is 29.7 Å². The molecule has 31 heavy (non-hydrogen) atoms. The third-order valence-electron chi connectivity index (χ3n) is 4.47. The zero-order chi connectivity index (χ0) is 23.3. The van der Waals surface area contributed by atoms with Crippen LogP contribution < -0.4 is 10.1 Å². The fourth-order valence-electron chi connectivity index (χ4n) is 3.20. The fourth-order valence-corrected chi connectivity index (χ4v) is 3.20.